The van der Waals surface area contributed by atoms with Gasteiger partial charge in [-0.15, -0.1) is 0 Å². The molecule has 0 aliphatic carbocycles. The molecule has 0 aliphatic heterocycles. The van der Waals surface area contributed by atoms with Crippen LogP contribution in [0.2, 0.25) is 0 Å². The Kier molecular flexibility index (Phi) is 6.06. The van der Waals surface area contributed by atoms with Gasteiger partial charge in [0.25, 0.3) is 0 Å². The van der Waals surface area contributed by atoms with E-state index in [1.165, 1.54) is 0 Å². The molecule has 14 heavy (non-hydrogen) atoms. The number of aliphatic hydroxyl groups excluding tert-OH is 4. The van der Waals surface area contributed by atoms with Gasteiger partial charge in [0, 0.05) is 0 Å². The summed E-state index contributed by atoms with van der Waals surface area (Å²) in [7, 11) is 0. The van der Waals surface area contributed by atoms with Crippen molar-refractivity contribution in [2.24, 2.45) is 0 Å². The summed E-state index contributed by atoms with van der Waals surface area (Å²) < 4.78 is 4.48. The second-order valence-corrected chi connectivity index (χ2v) is 2.63. The lowest BCUT2D eigenvalue weighted by Crippen LogP contribution is -2.44. The summed E-state index contributed by atoms with van der Waals surface area (Å²) in [6, 6.07) is 0. The normalized spacial score (nSPS) is 16.9. The minimum Gasteiger partial charge on any atom is -0.494 e. The van der Waals surface area contributed by atoms with Crippen molar-refractivity contribution in [1.29, 1.82) is 0 Å². The van der Waals surface area contributed by atoms with Crippen molar-refractivity contribution < 1.29 is 30.0 Å². The molecular formula is C8H14O6. The molecule has 0 heterocycles. The summed E-state index contributed by atoms with van der Waals surface area (Å²) in [5, 5.41) is 35.6. The average Bonchev–Trinajstić information content (AvgIpc) is 2.22. The van der Waals surface area contributed by atoms with Gasteiger partial charge < -0.3 is 25.2 Å². The Hall–Kier alpha value is -0.950. The van der Waals surface area contributed by atoms with Gasteiger partial charge in [0.05, 0.1) is 12.9 Å². The van der Waals surface area contributed by atoms with Gasteiger partial charge in [-0.25, -0.2) is 0 Å². The van der Waals surface area contributed by atoms with Crippen LogP contribution in [-0.4, -0.2) is 57.7 Å². The summed E-state index contributed by atoms with van der Waals surface area (Å²) in [6.07, 6.45) is -4.05. The molecule has 0 unspecified atom stereocenters. The molecular weight excluding hydrogens is 192 g/mol. The standard InChI is InChI=1S/C8H14O6/c1-2-14-4-6(11)8(13)7(12)5(10)3-9/h2,5,7-10,12-13H,1,3-4H2/t5-,7+,8+/m0/s1. The molecule has 0 aromatic rings. The Morgan fingerprint density at radius 1 is 1.43 bits per heavy atom. The lowest BCUT2D eigenvalue weighted by molar-refractivity contribution is -0.143. The number of rotatable bonds is 7. The first-order valence-electron chi connectivity index (χ1n) is 3.94. The third kappa shape index (κ3) is 3.84. The summed E-state index contributed by atoms with van der Waals surface area (Å²) in [5.74, 6) is -0.801. The van der Waals surface area contributed by atoms with Crippen molar-refractivity contribution in [1.82, 2.24) is 0 Å². The lowest BCUT2D eigenvalue weighted by atomic mass is 10.1. The van der Waals surface area contributed by atoms with Crippen LogP contribution >= 0.6 is 0 Å². The molecule has 0 fully saturated rings. The van der Waals surface area contributed by atoms with Crippen molar-refractivity contribution in [3.63, 3.8) is 0 Å². The molecule has 0 saturated carbocycles. The number of hydrogen-bond acceptors (Lipinski definition) is 6. The fourth-order valence-corrected chi connectivity index (χ4v) is 0.735. The van der Waals surface area contributed by atoms with Gasteiger partial charge in [-0.1, -0.05) is 6.58 Å². The summed E-state index contributed by atoms with van der Waals surface area (Å²) in [6.45, 7) is 1.99. The van der Waals surface area contributed by atoms with Crippen LogP contribution in [0.25, 0.3) is 0 Å². The highest BCUT2D eigenvalue weighted by Crippen LogP contribution is 2.01. The monoisotopic (exact) mass is 206 g/mol. The van der Waals surface area contributed by atoms with Crippen LogP contribution in [0.1, 0.15) is 0 Å². The topological polar surface area (TPSA) is 107 Å². The van der Waals surface area contributed by atoms with Crippen molar-refractivity contribution in [3.05, 3.63) is 12.8 Å². The van der Waals surface area contributed by atoms with E-state index in [1.54, 1.807) is 0 Å². The van der Waals surface area contributed by atoms with Crippen molar-refractivity contribution in [2.75, 3.05) is 13.2 Å². The van der Waals surface area contributed by atoms with Crippen LogP contribution in [0.4, 0.5) is 0 Å². The SMILES string of the molecule is C=COCC(=O)[C@@H](O)[C@H](O)[C@@H](O)CO. The molecule has 0 bridgehead atoms. The van der Waals surface area contributed by atoms with E-state index in [4.69, 9.17) is 20.4 Å². The largest absolute Gasteiger partial charge is 0.494 e. The van der Waals surface area contributed by atoms with Crippen LogP contribution in [0.5, 0.6) is 0 Å². The van der Waals surface area contributed by atoms with Gasteiger partial charge in [-0.05, 0) is 0 Å². The molecule has 0 aromatic heterocycles. The van der Waals surface area contributed by atoms with Gasteiger partial charge in [0.1, 0.15) is 24.9 Å². The number of carbonyl (C=O) groups excluding carboxylic acids is 1. The minimum atomic E-state index is -1.78. The molecule has 4 N–H and O–H groups in total. The zero-order chi connectivity index (χ0) is 11.1. The van der Waals surface area contributed by atoms with Crippen molar-refractivity contribution in [3.8, 4) is 0 Å². The maximum Gasteiger partial charge on any atom is 0.201 e. The van der Waals surface area contributed by atoms with Crippen LogP contribution < -0.4 is 0 Å². The van der Waals surface area contributed by atoms with Gasteiger partial charge in [0.15, 0.2) is 0 Å². The fraction of sp³-hybridized carbons (Fsp3) is 0.625. The van der Waals surface area contributed by atoms with Crippen molar-refractivity contribution >= 4 is 5.78 Å². The Bertz CT molecular complexity index is 192. The number of carbonyl (C=O) groups is 1. The van der Waals surface area contributed by atoms with E-state index in [0.717, 1.165) is 6.26 Å². The maximum absolute atomic E-state index is 11.0. The molecule has 0 spiro atoms. The first kappa shape index (κ1) is 13.1. The molecule has 6 heteroatoms. The zero-order valence-electron chi connectivity index (χ0n) is 7.54. The number of ether oxygens (including phenoxy) is 1. The van der Waals surface area contributed by atoms with E-state index in [1.807, 2.05) is 0 Å². The minimum absolute atomic E-state index is 0.445. The second-order valence-electron chi connectivity index (χ2n) is 2.63. The molecule has 0 radical (unpaired) electrons. The lowest BCUT2D eigenvalue weighted by Gasteiger charge is -2.19. The first-order chi connectivity index (χ1) is 6.54. The van der Waals surface area contributed by atoms with E-state index >= 15 is 0 Å². The molecule has 82 valence electrons. The number of Topliss-reactive ketones (excluding diaryl/α,β-unsaturated/α-hetero) is 1. The second kappa shape index (κ2) is 6.50. The van der Waals surface area contributed by atoms with E-state index in [0.29, 0.717) is 0 Å². The van der Waals surface area contributed by atoms with Crippen LogP contribution in [-0.2, 0) is 9.53 Å². The summed E-state index contributed by atoms with van der Waals surface area (Å²) >= 11 is 0. The average molecular weight is 206 g/mol. The molecule has 0 aromatic carbocycles. The van der Waals surface area contributed by atoms with Gasteiger partial charge in [-0.3, -0.25) is 4.79 Å². The molecule has 6 nitrogen and oxygen atoms in total. The Balaban J connectivity index is 4.09. The van der Waals surface area contributed by atoms with E-state index in [2.05, 4.69) is 11.3 Å². The smallest absolute Gasteiger partial charge is 0.201 e. The van der Waals surface area contributed by atoms with Gasteiger partial charge in [0.2, 0.25) is 5.78 Å². The number of ketones is 1. The van der Waals surface area contributed by atoms with Gasteiger partial charge in [-0.2, -0.15) is 0 Å². The molecule has 3 atom stereocenters. The zero-order valence-corrected chi connectivity index (χ0v) is 7.54. The predicted molar refractivity (Wildman–Crippen MR) is 46.3 cm³/mol. The maximum atomic E-state index is 11.0. The van der Waals surface area contributed by atoms with E-state index in [9.17, 15) is 4.79 Å². The fourth-order valence-electron chi connectivity index (χ4n) is 0.735. The van der Waals surface area contributed by atoms with Crippen LogP contribution in [0.3, 0.4) is 0 Å². The highest BCUT2D eigenvalue weighted by Gasteiger charge is 2.29. The Morgan fingerprint density at radius 2 is 2.00 bits per heavy atom. The van der Waals surface area contributed by atoms with E-state index < -0.39 is 37.3 Å². The summed E-state index contributed by atoms with van der Waals surface area (Å²) in [5.41, 5.74) is 0. The number of aliphatic hydroxyl groups is 4. The van der Waals surface area contributed by atoms with Gasteiger partial charge >= 0.3 is 0 Å². The quantitative estimate of drug-likeness (QED) is 0.352. The first-order valence-corrected chi connectivity index (χ1v) is 3.94. The van der Waals surface area contributed by atoms with Crippen LogP contribution in [0.15, 0.2) is 12.8 Å². The predicted octanol–water partition coefficient (Wildman–Crippen LogP) is -2.21. The summed E-state index contributed by atoms with van der Waals surface area (Å²) in [4.78, 5) is 11.0. The molecule has 0 aliphatic rings. The number of hydrogen-bond donors (Lipinski definition) is 4. The third-order valence-corrected chi connectivity index (χ3v) is 1.58. The Labute approximate surface area is 81.1 Å². The van der Waals surface area contributed by atoms with Crippen molar-refractivity contribution in [2.45, 2.75) is 18.3 Å². The molecule has 0 saturated heterocycles. The Morgan fingerprint density at radius 3 is 2.43 bits per heavy atom. The van der Waals surface area contributed by atoms with Crippen LogP contribution in [0, 0.1) is 0 Å². The molecule has 0 amide bonds. The van der Waals surface area contributed by atoms with E-state index in [-0.39, 0.29) is 0 Å². The molecule has 0 rings (SSSR count). The highest BCUT2D eigenvalue weighted by atomic mass is 16.5. The third-order valence-electron chi connectivity index (χ3n) is 1.58. The highest BCUT2D eigenvalue weighted by molar-refractivity contribution is 5.84.